The van der Waals surface area contributed by atoms with E-state index >= 15 is 0 Å². The van der Waals surface area contributed by atoms with Crippen LogP contribution < -0.4 is 5.56 Å². The molecule has 7 heteroatoms. The largest absolute Gasteiger partial charge is 0.336 e. The smallest absolute Gasteiger partial charge is 0.264 e. The van der Waals surface area contributed by atoms with Gasteiger partial charge in [-0.3, -0.25) is 14.6 Å². The summed E-state index contributed by atoms with van der Waals surface area (Å²) in [5.41, 5.74) is 0.246. The number of carbonyl (C=O) groups is 1. The van der Waals surface area contributed by atoms with Crippen molar-refractivity contribution < 1.29 is 4.79 Å². The summed E-state index contributed by atoms with van der Waals surface area (Å²) in [6.07, 6.45) is 4.57. The van der Waals surface area contributed by atoms with Gasteiger partial charge in [-0.15, -0.1) is 11.3 Å². The van der Waals surface area contributed by atoms with Gasteiger partial charge < -0.3 is 9.88 Å². The van der Waals surface area contributed by atoms with E-state index in [-0.39, 0.29) is 11.5 Å². The molecule has 0 saturated heterocycles. The van der Waals surface area contributed by atoms with Crippen LogP contribution in [0.3, 0.4) is 0 Å². The van der Waals surface area contributed by atoms with Crippen LogP contribution in [0.15, 0.2) is 65.8 Å². The molecule has 0 bridgehead atoms. The fourth-order valence-corrected chi connectivity index (χ4v) is 3.94. The van der Waals surface area contributed by atoms with Crippen molar-refractivity contribution in [2.24, 2.45) is 0 Å². The van der Waals surface area contributed by atoms with Gasteiger partial charge in [0.15, 0.2) is 0 Å². The Hall–Kier alpha value is -3.32. The topological polar surface area (TPSA) is 79.0 Å². The summed E-state index contributed by atoms with van der Waals surface area (Å²) >= 11 is 1.64. The third-order valence-electron chi connectivity index (χ3n) is 4.18. The van der Waals surface area contributed by atoms with Crippen LogP contribution in [-0.2, 0) is 6.54 Å². The average molecular weight is 376 g/mol. The van der Waals surface area contributed by atoms with Crippen molar-refractivity contribution in [1.82, 2.24) is 19.9 Å². The Bertz CT molecular complexity index is 1130. The highest BCUT2D eigenvalue weighted by atomic mass is 32.1. The molecule has 0 atom stereocenters. The van der Waals surface area contributed by atoms with Crippen LogP contribution in [0.2, 0.25) is 0 Å². The van der Waals surface area contributed by atoms with Crippen LogP contribution >= 0.6 is 11.3 Å². The molecule has 134 valence electrons. The molecule has 0 saturated carbocycles. The molecule has 1 amide bonds. The van der Waals surface area contributed by atoms with Crippen LogP contribution in [0, 0.1) is 0 Å². The second kappa shape index (κ2) is 7.13. The first kappa shape index (κ1) is 17.1. The number of aromatic nitrogens is 3. The summed E-state index contributed by atoms with van der Waals surface area (Å²) in [7, 11) is 1.68. The van der Waals surface area contributed by atoms with Gasteiger partial charge in [0.1, 0.15) is 11.4 Å². The summed E-state index contributed by atoms with van der Waals surface area (Å²) in [5, 5.41) is 1.15. The van der Waals surface area contributed by atoms with Crippen molar-refractivity contribution in [3.63, 3.8) is 0 Å². The average Bonchev–Trinajstić information content (AvgIpc) is 3.10. The number of rotatable bonds is 4. The monoisotopic (exact) mass is 376 g/mol. The fraction of sp³-hybridized carbons (Fsp3) is 0.100. The molecule has 6 nitrogen and oxygen atoms in total. The van der Waals surface area contributed by atoms with Gasteiger partial charge >= 0.3 is 0 Å². The molecule has 3 aromatic heterocycles. The number of nitrogens with zero attached hydrogens (tertiary/aromatic N) is 3. The van der Waals surface area contributed by atoms with E-state index in [1.807, 2.05) is 18.2 Å². The van der Waals surface area contributed by atoms with E-state index in [1.165, 1.54) is 15.8 Å². The van der Waals surface area contributed by atoms with Crippen molar-refractivity contribution in [1.29, 1.82) is 0 Å². The summed E-state index contributed by atoms with van der Waals surface area (Å²) in [6, 6.07) is 13.7. The lowest BCUT2D eigenvalue weighted by molar-refractivity contribution is 0.0784. The third kappa shape index (κ3) is 3.50. The molecule has 0 radical (unpaired) electrons. The SMILES string of the molecule is CN(Cc1cc2ccccc2s1)C(=O)c1cnc(-c2cccnc2)[nH]c1=O. The third-order valence-corrected chi connectivity index (χ3v) is 5.28. The summed E-state index contributed by atoms with van der Waals surface area (Å²) in [6.45, 7) is 0.433. The van der Waals surface area contributed by atoms with Gasteiger partial charge in [-0.25, -0.2) is 4.98 Å². The predicted molar refractivity (Wildman–Crippen MR) is 106 cm³/mol. The minimum absolute atomic E-state index is 0.0197. The Morgan fingerprint density at radius 3 is 2.78 bits per heavy atom. The van der Waals surface area contributed by atoms with E-state index in [4.69, 9.17) is 0 Å². The summed E-state index contributed by atoms with van der Waals surface area (Å²) in [4.78, 5) is 38.6. The first-order chi connectivity index (χ1) is 13.1. The number of aromatic amines is 1. The number of pyridine rings is 1. The minimum atomic E-state index is -0.461. The zero-order valence-electron chi connectivity index (χ0n) is 14.5. The fourth-order valence-electron chi connectivity index (χ4n) is 2.82. The van der Waals surface area contributed by atoms with Crippen molar-refractivity contribution >= 4 is 27.3 Å². The molecular weight excluding hydrogens is 360 g/mol. The Balaban J connectivity index is 1.55. The highest BCUT2D eigenvalue weighted by Gasteiger charge is 2.18. The van der Waals surface area contributed by atoms with Crippen molar-refractivity contribution in [2.75, 3.05) is 7.05 Å². The normalized spacial score (nSPS) is 10.9. The Labute approximate surface area is 159 Å². The second-order valence-electron chi connectivity index (χ2n) is 6.13. The zero-order chi connectivity index (χ0) is 18.8. The summed E-state index contributed by atoms with van der Waals surface area (Å²) < 4.78 is 1.17. The molecule has 1 N–H and O–H groups in total. The van der Waals surface area contributed by atoms with Gasteiger partial charge in [0.2, 0.25) is 0 Å². The molecule has 4 rings (SSSR count). The first-order valence-electron chi connectivity index (χ1n) is 8.34. The van der Waals surface area contributed by atoms with E-state index in [1.54, 1.807) is 42.9 Å². The molecule has 0 unspecified atom stereocenters. The van der Waals surface area contributed by atoms with Crippen LogP contribution in [0.25, 0.3) is 21.5 Å². The van der Waals surface area contributed by atoms with Gasteiger partial charge in [0, 0.05) is 40.8 Å². The van der Waals surface area contributed by atoms with Crippen molar-refractivity contribution in [2.45, 2.75) is 6.54 Å². The maximum atomic E-state index is 12.7. The standard InChI is InChI=1S/C20H16N4O2S/c1-24(12-15-9-13-5-2-3-7-17(13)27-15)20(26)16-11-22-18(23-19(16)25)14-6-4-8-21-10-14/h2-11H,12H2,1H3,(H,22,23,25). The molecule has 0 aliphatic rings. The number of nitrogens with one attached hydrogen (secondary N) is 1. The van der Waals surface area contributed by atoms with Gasteiger partial charge in [0.25, 0.3) is 11.5 Å². The molecule has 0 fully saturated rings. The second-order valence-corrected chi connectivity index (χ2v) is 7.30. The van der Waals surface area contributed by atoms with E-state index in [0.29, 0.717) is 17.9 Å². The number of fused-ring (bicyclic) bond motifs is 1. The Morgan fingerprint density at radius 1 is 1.19 bits per heavy atom. The van der Waals surface area contributed by atoms with Gasteiger partial charge in [-0.2, -0.15) is 0 Å². The zero-order valence-corrected chi connectivity index (χ0v) is 15.4. The molecule has 4 aromatic rings. The lowest BCUT2D eigenvalue weighted by atomic mass is 10.2. The number of H-pyrrole nitrogens is 1. The van der Waals surface area contributed by atoms with Gasteiger partial charge in [-0.1, -0.05) is 18.2 Å². The van der Waals surface area contributed by atoms with Gasteiger partial charge in [0.05, 0.1) is 6.54 Å². The molecule has 0 aliphatic heterocycles. The quantitative estimate of drug-likeness (QED) is 0.593. The molecular formula is C20H16N4O2S. The van der Waals surface area contributed by atoms with E-state index in [9.17, 15) is 9.59 Å². The molecule has 27 heavy (non-hydrogen) atoms. The maximum absolute atomic E-state index is 12.7. The van der Waals surface area contributed by atoms with Crippen molar-refractivity contribution in [3.8, 4) is 11.4 Å². The van der Waals surface area contributed by atoms with Crippen LogP contribution in [0.5, 0.6) is 0 Å². The number of amides is 1. The van der Waals surface area contributed by atoms with Crippen molar-refractivity contribution in [3.05, 3.63) is 81.8 Å². The van der Waals surface area contributed by atoms with Crippen LogP contribution in [0.1, 0.15) is 15.2 Å². The minimum Gasteiger partial charge on any atom is -0.336 e. The number of hydrogen-bond donors (Lipinski definition) is 1. The molecule has 0 aliphatic carbocycles. The lowest BCUT2D eigenvalue weighted by Crippen LogP contribution is -2.31. The Kier molecular flexibility index (Phi) is 4.52. The number of benzene rings is 1. The van der Waals surface area contributed by atoms with Gasteiger partial charge in [-0.05, 0) is 29.7 Å². The van der Waals surface area contributed by atoms with Crippen LogP contribution in [0.4, 0.5) is 0 Å². The highest BCUT2D eigenvalue weighted by Crippen LogP contribution is 2.26. The molecule has 3 heterocycles. The van der Waals surface area contributed by atoms with E-state index < -0.39 is 5.56 Å². The number of hydrogen-bond acceptors (Lipinski definition) is 5. The highest BCUT2D eigenvalue weighted by molar-refractivity contribution is 7.19. The summed E-state index contributed by atoms with van der Waals surface area (Å²) in [5.74, 6) is 0.0238. The number of carbonyl (C=O) groups excluding carboxylic acids is 1. The lowest BCUT2D eigenvalue weighted by Gasteiger charge is -2.15. The van der Waals surface area contributed by atoms with Crippen LogP contribution in [-0.4, -0.2) is 32.8 Å². The first-order valence-corrected chi connectivity index (χ1v) is 9.16. The predicted octanol–water partition coefficient (Wildman–Crippen LogP) is 3.32. The number of thiophene rings is 1. The maximum Gasteiger partial charge on any atom is 0.264 e. The molecule has 1 aromatic carbocycles. The van der Waals surface area contributed by atoms with E-state index in [2.05, 4.69) is 27.1 Å². The van der Waals surface area contributed by atoms with E-state index in [0.717, 1.165) is 10.3 Å². The molecule has 0 spiro atoms. The Morgan fingerprint density at radius 2 is 2.04 bits per heavy atom.